The van der Waals surface area contributed by atoms with Crippen LogP contribution in [0.15, 0.2) is 0 Å². The molecule has 0 aromatic heterocycles. The smallest absolute Gasteiger partial charge is 0.307 e. The van der Waals surface area contributed by atoms with Crippen molar-refractivity contribution in [1.82, 2.24) is 15.5 Å². The summed E-state index contributed by atoms with van der Waals surface area (Å²) in [5.74, 6) is -1.12. The number of hydrogen-bond acceptors (Lipinski definition) is 4. The average Bonchev–Trinajstić information content (AvgIpc) is 2.28. The Labute approximate surface area is 101 Å². The number of amides is 1. The van der Waals surface area contributed by atoms with Gasteiger partial charge in [0.15, 0.2) is 0 Å². The quantitative estimate of drug-likeness (QED) is 0.584. The first kappa shape index (κ1) is 13.9. The summed E-state index contributed by atoms with van der Waals surface area (Å²) in [4.78, 5) is 23.8. The van der Waals surface area contributed by atoms with E-state index in [9.17, 15) is 9.59 Å². The Balaban J connectivity index is 2.42. The van der Waals surface area contributed by atoms with Crippen molar-refractivity contribution in [3.05, 3.63) is 0 Å². The lowest BCUT2D eigenvalue weighted by atomic mass is 9.94. The number of nitrogens with one attached hydrogen (secondary N) is 2. The molecule has 0 saturated carbocycles. The minimum atomic E-state index is -0.741. The van der Waals surface area contributed by atoms with Crippen LogP contribution in [0.25, 0.3) is 0 Å². The van der Waals surface area contributed by atoms with Gasteiger partial charge in [-0.2, -0.15) is 0 Å². The number of aliphatic carboxylic acids is 1. The van der Waals surface area contributed by atoms with Crippen LogP contribution in [-0.4, -0.2) is 61.2 Å². The second-order valence-electron chi connectivity index (χ2n) is 4.50. The fraction of sp³-hybridized carbons (Fsp3) is 0.818. The second-order valence-corrected chi connectivity index (χ2v) is 4.50. The van der Waals surface area contributed by atoms with Crippen molar-refractivity contribution in [2.75, 3.05) is 33.2 Å². The number of carboxylic acid groups (broad SMARTS) is 1. The Hall–Kier alpha value is -1.14. The van der Waals surface area contributed by atoms with Crippen LogP contribution in [0.4, 0.5) is 0 Å². The number of carbonyl (C=O) groups excluding carboxylic acids is 1. The Morgan fingerprint density at radius 1 is 1.41 bits per heavy atom. The monoisotopic (exact) mass is 243 g/mol. The molecule has 98 valence electrons. The molecule has 0 aromatic carbocycles. The minimum absolute atomic E-state index is 0.0537. The molecule has 1 aliphatic rings. The van der Waals surface area contributed by atoms with E-state index in [2.05, 4.69) is 15.5 Å². The van der Waals surface area contributed by atoms with Crippen molar-refractivity contribution in [1.29, 1.82) is 0 Å². The third kappa shape index (κ3) is 4.70. The molecule has 6 nitrogen and oxygen atoms in total. The number of hydrogen-bond donors (Lipinski definition) is 3. The summed E-state index contributed by atoms with van der Waals surface area (Å²) < 4.78 is 0. The summed E-state index contributed by atoms with van der Waals surface area (Å²) in [6, 6.07) is 0.210. The highest BCUT2D eigenvalue weighted by Crippen LogP contribution is 2.16. The Morgan fingerprint density at radius 2 is 2.12 bits per heavy atom. The first-order valence-electron chi connectivity index (χ1n) is 5.89. The molecule has 1 amide bonds. The van der Waals surface area contributed by atoms with Gasteiger partial charge in [-0.3, -0.25) is 14.5 Å². The van der Waals surface area contributed by atoms with Crippen molar-refractivity contribution in [2.24, 2.45) is 5.92 Å². The molecular formula is C11H21N3O3. The van der Waals surface area contributed by atoms with Crippen molar-refractivity contribution in [3.63, 3.8) is 0 Å². The van der Waals surface area contributed by atoms with Crippen LogP contribution in [0.5, 0.6) is 0 Å². The van der Waals surface area contributed by atoms with E-state index in [1.165, 1.54) is 6.92 Å². The predicted molar refractivity (Wildman–Crippen MR) is 63.7 cm³/mol. The van der Waals surface area contributed by atoms with E-state index in [4.69, 9.17) is 5.11 Å². The van der Waals surface area contributed by atoms with Gasteiger partial charge in [0.2, 0.25) is 5.91 Å². The van der Waals surface area contributed by atoms with Gasteiger partial charge in [-0.1, -0.05) is 0 Å². The van der Waals surface area contributed by atoms with Gasteiger partial charge >= 0.3 is 5.97 Å². The normalized spacial score (nSPS) is 25.5. The molecule has 1 saturated heterocycles. The highest BCUT2D eigenvalue weighted by molar-refractivity contribution is 5.72. The number of likely N-dealkylation sites (tertiary alicyclic amines) is 1. The second kappa shape index (κ2) is 6.56. The van der Waals surface area contributed by atoms with E-state index in [1.54, 1.807) is 0 Å². The number of piperidine rings is 1. The standard InChI is InChI=1S/C11H21N3O3/c1-8(15)13-3-4-14-6-9(11(16)17)5-10(7-14)12-2/h9-10,12H,3-7H2,1-2H3,(H,13,15)(H,16,17). The summed E-state index contributed by atoms with van der Waals surface area (Å²) >= 11 is 0. The number of nitrogens with zero attached hydrogens (tertiary/aromatic N) is 1. The maximum Gasteiger partial charge on any atom is 0.307 e. The van der Waals surface area contributed by atoms with Crippen LogP contribution < -0.4 is 10.6 Å². The molecule has 3 N–H and O–H groups in total. The van der Waals surface area contributed by atoms with Crippen molar-refractivity contribution in [2.45, 2.75) is 19.4 Å². The molecule has 1 aliphatic heterocycles. The van der Waals surface area contributed by atoms with Crippen LogP contribution in [0.3, 0.4) is 0 Å². The zero-order valence-electron chi connectivity index (χ0n) is 10.4. The van der Waals surface area contributed by atoms with E-state index in [1.807, 2.05) is 7.05 Å². The van der Waals surface area contributed by atoms with Crippen LogP contribution in [0.2, 0.25) is 0 Å². The fourth-order valence-corrected chi connectivity index (χ4v) is 2.15. The Kier molecular flexibility index (Phi) is 5.37. The van der Waals surface area contributed by atoms with E-state index in [-0.39, 0.29) is 17.9 Å². The predicted octanol–water partition coefficient (Wildman–Crippen LogP) is -0.883. The minimum Gasteiger partial charge on any atom is -0.481 e. The lowest BCUT2D eigenvalue weighted by Gasteiger charge is -2.36. The molecule has 0 aromatic rings. The number of carboxylic acids is 1. The number of rotatable bonds is 5. The zero-order valence-corrected chi connectivity index (χ0v) is 10.4. The Morgan fingerprint density at radius 3 is 2.65 bits per heavy atom. The lowest BCUT2D eigenvalue weighted by molar-refractivity contribution is -0.144. The molecule has 2 unspecified atom stereocenters. The molecule has 1 heterocycles. The molecule has 17 heavy (non-hydrogen) atoms. The molecule has 1 rings (SSSR count). The van der Waals surface area contributed by atoms with Crippen molar-refractivity contribution < 1.29 is 14.7 Å². The highest BCUT2D eigenvalue weighted by Gasteiger charge is 2.30. The molecule has 6 heteroatoms. The molecule has 0 radical (unpaired) electrons. The fourth-order valence-electron chi connectivity index (χ4n) is 2.15. The maximum atomic E-state index is 11.0. The third-order valence-corrected chi connectivity index (χ3v) is 3.09. The van der Waals surface area contributed by atoms with Gasteiger partial charge in [0.05, 0.1) is 5.92 Å². The van der Waals surface area contributed by atoms with Gasteiger partial charge < -0.3 is 15.7 Å². The number of likely N-dealkylation sites (N-methyl/N-ethyl adjacent to an activating group) is 1. The summed E-state index contributed by atoms with van der Waals surface area (Å²) in [5, 5.41) is 14.9. The lowest BCUT2D eigenvalue weighted by Crippen LogP contribution is -2.51. The van der Waals surface area contributed by atoms with E-state index in [0.717, 1.165) is 6.54 Å². The van der Waals surface area contributed by atoms with Crippen LogP contribution in [0.1, 0.15) is 13.3 Å². The van der Waals surface area contributed by atoms with Gasteiger partial charge in [0.1, 0.15) is 0 Å². The van der Waals surface area contributed by atoms with Gasteiger partial charge in [-0.05, 0) is 13.5 Å². The van der Waals surface area contributed by atoms with Crippen molar-refractivity contribution >= 4 is 11.9 Å². The number of carbonyl (C=O) groups is 2. The van der Waals surface area contributed by atoms with Crippen molar-refractivity contribution in [3.8, 4) is 0 Å². The van der Waals surface area contributed by atoms with Gasteiger partial charge in [0, 0.05) is 39.1 Å². The van der Waals surface area contributed by atoms with Crippen LogP contribution in [0, 0.1) is 5.92 Å². The average molecular weight is 243 g/mol. The molecule has 1 fully saturated rings. The first-order chi connectivity index (χ1) is 8.02. The SMILES string of the molecule is CNC1CC(C(=O)O)CN(CCNC(C)=O)C1. The van der Waals surface area contributed by atoms with Crippen LogP contribution in [-0.2, 0) is 9.59 Å². The van der Waals surface area contributed by atoms with Gasteiger partial charge in [-0.15, -0.1) is 0 Å². The molecule has 2 atom stereocenters. The van der Waals surface area contributed by atoms with E-state index < -0.39 is 5.97 Å². The molecule has 0 bridgehead atoms. The third-order valence-electron chi connectivity index (χ3n) is 3.09. The topological polar surface area (TPSA) is 81.7 Å². The van der Waals surface area contributed by atoms with Crippen LogP contribution >= 0.6 is 0 Å². The Bertz CT molecular complexity index is 283. The van der Waals surface area contributed by atoms with Gasteiger partial charge in [0.25, 0.3) is 0 Å². The summed E-state index contributed by atoms with van der Waals surface area (Å²) in [5.41, 5.74) is 0. The highest BCUT2D eigenvalue weighted by atomic mass is 16.4. The summed E-state index contributed by atoms with van der Waals surface area (Å²) in [6.45, 7) is 4.14. The summed E-state index contributed by atoms with van der Waals surface area (Å²) in [6.07, 6.45) is 0.669. The molecule has 0 aliphatic carbocycles. The largest absolute Gasteiger partial charge is 0.481 e. The molecule has 0 spiro atoms. The van der Waals surface area contributed by atoms with Gasteiger partial charge in [-0.25, -0.2) is 0 Å². The maximum absolute atomic E-state index is 11.0. The van der Waals surface area contributed by atoms with E-state index in [0.29, 0.717) is 26.1 Å². The summed E-state index contributed by atoms with van der Waals surface area (Å²) in [7, 11) is 1.85. The first-order valence-corrected chi connectivity index (χ1v) is 5.89. The zero-order chi connectivity index (χ0) is 12.8. The van der Waals surface area contributed by atoms with E-state index >= 15 is 0 Å². The molecular weight excluding hydrogens is 222 g/mol.